The van der Waals surface area contributed by atoms with Crippen LogP contribution in [0, 0.1) is 0 Å². The molecule has 0 bridgehead atoms. The van der Waals surface area contributed by atoms with Crippen LogP contribution in [-0.2, 0) is 69.7 Å². The first kappa shape index (κ1) is 46.1. The molecule has 4 aliphatic rings. The number of hydrogen-bond acceptors (Lipinski definition) is 14. The molecular formula is C46H48Cl2N6O10. The minimum Gasteiger partial charge on any atom is -0.508 e. The van der Waals surface area contributed by atoms with E-state index in [0.717, 1.165) is 33.0 Å². The van der Waals surface area contributed by atoms with Gasteiger partial charge in [-0.25, -0.2) is 19.6 Å². The highest BCUT2D eigenvalue weighted by molar-refractivity contribution is 5.91. The van der Waals surface area contributed by atoms with Gasteiger partial charge in [0.15, 0.2) is 11.2 Å². The molecule has 0 amide bonds. The lowest BCUT2D eigenvalue weighted by atomic mass is 9.86. The second-order valence-corrected chi connectivity index (χ2v) is 16.9. The Hall–Kier alpha value is -5.88. The molecule has 336 valence electrons. The molecule has 0 unspecified atom stereocenters. The lowest BCUT2D eigenvalue weighted by molar-refractivity contribution is -0.172. The number of aromatic hydroxyl groups is 2. The monoisotopic (exact) mass is 914 g/mol. The number of benzene rings is 2. The van der Waals surface area contributed by atoms with Crippen molar-refractivity contribution >= 4 is 58.6 Å². The zero-order chi connectivity index (χ0) is 44.2. The second-order valence-electron chi connectivity index (χ2n) is 16.9. The number of carbonyl (C=O) groups is 2. The molecule has 0 radical (unpaired) electrons. The Balaban J connectivity index is 0.000000186. The highest BCUT2D eigenvalue weighted by Gasteiger charge is 2.47. The lowest BCUT2D eigenvalue weighted by Crippen LogP contribution is -2.44. The number of phenols is 2. The molecule has 8 heterocycles. The van der Waals surface area contributed by atoms with E-state index in [1.165, 1.54) is 0 Å². The van der Waals surface area contributed by atoms with Gasteiger partial charge in [-0.05, 0) is 89.6 Å². The summed E-state index contributed by atoms with van der Waals surface area (Å²) in [5, 5.41) is 44.4. The number of nitrogens with zero attached hydrogens (tertiary/aromatic N) is 6. The van der Waals surface area contributed by atoms with Crippen molar-refractivity contribution < 1.29 is 39.5 Å². The van der Waals surface area contributed by atoms with Crippen LogP contribution in [0.4, 0.5) is 0 Å². The normalized spacial score (nSPS) is 18.7. The van der Waals surface area contributed by atoms with Crippen LogP contribution in [0.15, 0.2) is 58.1 Å². The number of aromatic nitrogens is 4. The van der Waals surface area contributed by atoms with Crippen molar-refractivity contribution in [2.24, 2.45) is 0 Å². The number of pyridine rings is 4. The molecule has 4 aromatic heterocycles. The van der Waals surface area contributed by atoms with E-state index < -0.39 is 23.1 Å². The quantitative estimate of drug-likeness (QED) is 0.169. The molecule has 2 atom stereocenters. The van der Waals surface area contributed by atoms with Crippen molar-refractivity contribution in [3.8, 4) is 34.3 Å². The molecule has 2 aromatic carbocycles. The van der Waals surface area contributed by atoms with Gasteiger partial charge in [0.1, 0.15) is 24.7 Å². The number of esters is 2. The van der Waals surface area contributed by atoms with E-state index in [2.05, 4.69) is 0 Å². The summed E-state index contributed by atoms with van der Waals surface area (Å²) < 4.78 is 13.4. The predicted octanol–water partition coefficient (Wildman–Crippen LogP) is 4.54. The average molecular weight is 916 g/mol. The van der Waals surface area contributed by atoms with Gasteiger partial charge >= 0.3 is 11.9 Å². The van der Waals surface area contributed by atoms with Crippen molar-refractivity contribution in [2.45, 2.75) is 77.3 Å². The Bertz CT molecular complexity index is 2870. The minimum atomic E-state index is -1.84. The van der Waals surface area contributed by atoms with Crippen molar-refractivity contribution in [3.05, 3.63) is 114 Å². The van der Waals surface area contributed by atoms with Crippen molar-refractivity contribution in [2.75, 3.05) is 28.2 Å². The topological polar surface area (TPSA) is 210 Å². The summed E-state index contributed by atoms with van der Waals surface area (Å²) in [4.78, 5) is 64.6. The SMILES string of the molecule is CC[C@@]1(O)C(=O)OCc2c1cc1n(c2=O)Cc2cc3c(CN(C)C)c(O)ccc3nc2-1.CC[C@@]1(O)C(=O)OCc2c1cc1n(c2=O)Cc2cc3c(CN(C)C)c(O)ccc3nc2-1.Cl.Cl. The maximum atomic E-state index is 13.2. The first-order valence-electron chi connectivity index (χ1n) is 20.4. The number of fused-ring (bicyclic) bond motifs is 10. The van der Waals surface area contributed by atoms with E-state index in [1.807, 2.05) is 50.1 Å². The molecule has 64 heavy (non-hydrogen) atoms. The molecular weight excluding hydrogens is 867 g/mol. The van der Waals surface area contributed by atoms with Crippen molar-refractivity contribution in [1.82, 2.24) is 28.9 Å². The summed E-state index contributed by atoms with van der Waals surface area (Å²) in [5.41, 5.74) is 4.06. The number of aliphatic hydroxyl groups is 2. The van der Waals surface area contributed by atoms with Gasteiger partial charge in [0.05, 0.1) is 58.0 Å². The van der Waals surface area contributed by atoms with Crippen molar-refractivity contribution in [3.63, 3.8) is 0 Å². The maximum absolute atomic E-state index is 13.2. The zero-order valence-corrected chi connectivity index (χ0v) is 37.6. The average Bonchev–Trinajstić information content (AvgIpc) is 3.79. The van der Waals surface area contributed by atoms with Gasteiger partial charge in [-0.15, -0.1) is 24.8 Å². The third-order valence-electron chi connectivity index (χ3n) is 12.5. The Kier molecular flexibility index (Phi) is 12.0. The van der Waals surface area contributed by atoms with E-state index in [-0.39, 0.29) is 73.5 Å². The van der Waals surface area contributed by atoms with Gasteiger partial charge < -0.3 is 48.8 Å². The summed E-state index contributed by atoms with van der Waals surface area (Å²) in [6.45, 7) is 4.82. The van der Waals surface area contributed by atoms with Gasteiger partial charge in [-0.2, -0.15) is 0 Å². The van der Waals surface area contributed by atoms with Crippen LogP contribution in [0.25, 0.3) is 44.6 Å². The fraction of sp³-hybridized carbons (Fsp3) is 0.348. The van der Waals surface area contributed by atoms with Gasteiger partial charge in [0.25, 0.3) is 11.1 Å². The lowest BCUT2D eigenvalue weighted by Gasteiger charge is -2.31. The van der Waals surface area contributed by atoms with E-state index >= 15 is 0 Å². The molecule has 16 nitrogen and oxygen atoms in total. The number of carbonyl (C=O) groups excluding carboxylic acids is 2. The summed E-state index contributed by atoms with van der Waals surface area (Å²) in [7, 11) is 7.71. The second kappa shape index (κ2) is 16.6. The van der Waals surface area contributed by atoms with Gasteiger partial charge in [0.2, 0.25) is 0 Å². The van der Waals surface area contributed by atoms with Gasteiger partial charge in [-0.1, -0.05) is 13.8 Å². The van der Waals surface area contributed by atoms with Crippen LogP contribution in [0.2, 0.25) is 0 Å². The van der Waals surface area contributed by atoms with E-state index in [0.29, 0.717) is 82.2 Å². The summed E-state index contributed by atoms with van der Waals surface area (Å²) in [6.07, 6.45) is 0.208. The third kappa shape index (κ3) is 7.00. The number of cyclic esters (lactones) is 2. The van der Waals surface area contributed by atoms with Gasteiger partial charge in [-0.3, -0.25) is 9.59 Å². The first-order chi connectivity index (χ1) is 29.5. The molecule has 0 spiro atoms. The van der Waals surface area contributed by atoms with Gasteiger partial charge in [0, 0.05) is 57.2 Å². The predicted molar refractivity (Wildman–Crippen MR) is 242 cm³/mol. The maximum Gasteiger partial charge on any atom is 0.343 e. The van der Waals surface area contributed by atoms with E-state index in [4.69, 9.17) is 19.4 Å². The molecule has 4 aliphatic heterocycles. The van der Waals surface area contributed by atoms with Crippen LogP contribution in [-0.4, -0.2) is 89.5 Å². The summed E-state index contributed by atoms with van der Waals surface area (Å²) >= 11 is 0. The summed E-state index contributed by atoms with van der Waals surface area (Å²) in [5.74, 6) is -1.06. The van der Waals surface area contributed by atoms with Crippen molar-refractivity contribution in [1.29, 1.82) is 0 Å². The fourth-order valence-corrected chi connectivity index (χ4v) is 9.16. The molecule has 10 rings (SSSR count). The molecule has 0 fully saturated rings. The zero-order valence-electron chi connectivity index (χ0n) is 36.0. The van der Waals surface area contributed by atoms with Crippen LogP contribution in [0.3, 0.4) is 0 Å². The number of ether oxygens (including phenoxy) is 2. The first-order valence-corrected chi connectivity index (χ1v) is 20.4. The number of phenolic OH excluding ortho intramolecular Hbond substituents is 2. The number of hydrogen-bond donors (Lipinski definition) is 4. The Morgan fingerprint density at radius 1 is 0.625 bits per heavy atom. The van der Waals surface area contributed by atoms with E-state index in [1.54, 1.807) is 59.4 Å². The van der Waals surface area contributed by atoms with Crippen LogP contribution in [0.1, 0.15) is 71.2 Å². The fourth-order valence-electron chi connectivity index (χ4n) is 9.16. The number of halogens is 2. The molecule has 0 aliphatic carbocycles. The Morgan fingerprint density at radius 3 is 1.34 bits per heavy atom. The highest BCUT2D eigenvalue weighted by atomic mass is 35.5. The standard InChI is InChI=1S/2C23H23N3O5.2ClH/c2*1-4-23(30)16-8-18-20-12(9-26(18)21(28)15(16)11-31-22(23)29)7-13-14(10-25(2)3)19(27)6-5-17(13)24-20;;/h2*5-8,27,30H,4,9-11H2,1-3H3;2*1H/t2*23-;;/m00../s1. The molecule has 0 saturated carbocycles. The largest absolute Gasteiger partial charge is 0.508 e. The minimum absolute atomic E-state index is 0. The Labute approximate surface area is 379 Å². The smallest absolute Gasteiger partial charge is 0.343 e. The third-order valence-corrected chi connectivity index (χ3v) is 12.5. The summed E-state index contributed by atoms with van der Waals surface area (Å²) in [6, 6.07) is 14.1. The molecule has 4 N–H and O–H groups in total. The number of rotatable bonds is 6. The highest BCUT2D eigenvalue weighted by Crippen LogP contribution is 2.42. The van der Waals surface area contributed by atoms with Crippen LogP contribution >= 0.6 is 24.8 Å². The molecule has 6 aromatic rings. The Morgan fingerprint density at radius 2 is 1.00 bits per heavy atom. The van der Waals surface area contributed by atoms with Crippen LogP contribution < -0.4 is 11.1 Å². The molecule has 18 heteroatoms. The van der Waals surface area contributed by atoms with Crippen LogP contribution in [0.5, 0.6) is 11.5 Å². The van der Waals surface area contributed by atoms with E-state index in [9.17, 15) is 39.6 Å². The molecule has 0 saturated heterocycles.